The Kier molecular flexibility index (Phi) is 8.34. The van der Waals surface area contributed by atoms with Gasteiger partial charge in [0, 0.05) is 32.6 Å². The van der Waals surface area contributed by atoms with Crippen LogP contribution in [0.4, 0.5) is 0 Å². The molecule has 2 aromatic rings. The lowest BCUT2D eigenvalue weighted by Crippen LogP contribution is -2.39. The third kappa shape index (κ3) is 6.76. The first-order valence-electron chi connectivity index (χ1n) is 10.9. The molecule has 1 aromatic heterocycles. The highest BCUT2D eigenvalue weighted by Crippen LogP contribution is 2.24. The van der Waals surface area contributed by atoms with Crippen molar-refractivity contribution in [2.24, 2.45) is 4.99 Å². The highest BCUT2D eigenvalue weighted by Gasteiger charge is 2.16. The monoisotopic (exact) mass is 398 g/mol. The van der Waals surface area contributed by atoms with Crippen LogP contribution in [0.25, 0.3) is 0 Å². The predicted octanol–water partition coefficient (Wildman–Crippen LogP) is 2.96. The van der Waals surface area contributed by atoms with Crippen molar-refractivity contribution in [1.82, 2.24) is 25.4 Å². The van der Waals surface area contributed by atoms with E-state index in [9.17, 15) is 0 Å². The van der Waals surface area contributed by atoms with Crippen LogP contribution in [-0.4, -0.2) is 46.5 Å². The highest BCUT2D eigenvalue weighted by atomic mass is 16.5. The van der Waals surface area contributed by atoms with Gasteiger partial charge in [-0.1, -0.05) is 19.1 Å². The van der Waals surface area contributed by atoms with E-state index in [1.807, 2.05) is 0 Å². The van der Waals surface area contributed by atoms with Crippen molar-refractivity contribution in [2.45, 2.75) is 65.0 Å². The number of nitrogens with zero attached hydrogens (tertiary/aromatic N) is 4. The number of guanidine groups is 1. The first-order valence-corrected chi connectivity index (χ1v) is 10.9. The summed E-state index contributed by atoms with van der Waals surface area (Å²) in [6, 6.07) is 8.48. The van der Waals surface area contributed by atoms with E-state index >= 15 is 0 Å². The largest absolute Gasteiger partial charge is 0.490 e. The third-order valence-corrected chi connectivity index (χ3v) is 5.20. The fourth-order valence-corrected chi connectivity index (χ4v) is 3.61. The summed E-state index contributed by atoms with van der Waals surface area (Å²) >= 11 is 0. The Morgan fingerprint density at radius 2 is 1.97 bits per heavy atom. The van der Waals surface area contributed by atoms with Gasteiger partial charge in [0.1, 0.15) is 17.9 Å². The van der Waals surface area contributed by atoms with Crippen LogP contribution < -0.4 is 15.4 Å². The topological polar surface area (TPSA) is 76.4 Å². The van der Waals surface area contributed by atoms with Gasteiger partial charge in [0.25, 0.3) is 0 Å². The molecule has 1 fully saturated rings. The average molecular weight is 399 g/mol. The van der Waals surface area contributed by atoms with E-state index in [4.69, 9.17) is 9.73 Å². The van der Waals surface area contributed by atoms with E-state index in [-0.39, 0.29) is 0 Å². The molecule has 0 radical (unpaired) electrons. The molecule has 0 saturated heterocycles. The number of benzene rings is 1. The van der Waals surface area contributed by atoms with Gasteiger partial charge in [-0.3, -0.25) is 4.99 Å². The van der Waals surface area contributed by atoms with E-state index in [2.05, 4.69) is 63.5 Å². The van der Waals surface area contributed by atoms with Crippen LogP contribution in [-0.2, 0) is 19.4 Å². The number of aryl methyl sites for hydroxylation is 1. The average Bonchev–Trinajstić information content (AvgIpc) is 3.41. The molecule has 3 rings (SSSR count). The Bertz CT molecular complexity index is 749. The molecule has 1 saturated carbocycles. The molecule has 2 N–H and O–H groups in total. The second kappa shape index (κ2) is 11.4. The molecule has 1 aliphatic carbocycles. The van der Waals surface area contributed by atoms with Crippen molar-refractivity contribution in [3.63, 3.8) is 0 Å². The molecular weight excluding hydrogens is 364 g/mol. The van der Waals surface area contributed by atoms with E-state index in [0.29, 0.717) is 6.10 Å². The van der Waals surface area contributed by atoms with E-state index in [0.717, 1.165) is 56.6 Å². The normalized spacial score (nSPS) is 14.9. The van der Waals surface area contributed by atoms with Crippen molar-refractivity contribution in [3.05, 3.63) is 42.0 Å². The van der Waals surface area contributed by atoms with Crippen molar-refractivity contribution in [1.29, 1.82) is 0 Å². The summed E-state index contributed by atoms with van der Waals surface area (Å²) in [4.78, 5) is 4.70. The molecule has 1 aliphatic rings. The quantitative estimate of drug-likeness (QED) is 0.475. The zero-order valence-corrected chi connectivity index (χ0v) is 17.7. The molecule has 0 bridgehead atoms. The SMILES string of the molecule is CCNC(=NCCc1ccc(OC2CCCC2)cc1)NCCn1cnnc1CC. The first-order chi connectivity index (χ1) is 14.3. The number of rotatable bonds is 10. The lowest BCUT2D eigenvalue weighted by atomic mass is 10.1. The van der Waals surface area contributed by atoms with Gasteiger partial charge in [-0.2, -0.15) is 0 Å². The number of aromatic nitrogens is 3. The fraction of sp³-hybridized carbons (Fsp3) is 0.591. The summed E-state index contributed by atoms with van der Waals surface area (Å²) in [6.07, 6.45) is 8.95. The zero-order chi connectivity index (χ0) is 20.3. The summed E-state index contributed by atoms with van der Waals surface area (Å²) in [5.74, 6) is 2.84. The number of aliphatic imine (C=N–C) groups is 1. The first kappa shape index (κ1) is 21.1. The number of ether oxygens (including phenoxy) is 1. The highest BCUT2D eigenvalue weighted by molar-refractivity contribution is 5.79. The third-order valence-electron chi connectivity index (χ3n) is 5.20. The van der Waals surface area contributed by atoms with Crippen LogP contribution in [0.2, 0.25) is 0 Å². The Labute approximate surface area is 174 Å². The lowest BCUT2D eigenvalue weighted by Gasteiger charge is -2.13. The van der Waals surface area contributed by atoms with Crippen molar-refractivity contribution >= 4 is 5.96 Å². The van der Waals surface area contributed by atoms with Gasteiger partial charge in [-0.15, -0.1) is 10.2 Å². The van der Waals surface area contributed by atoms with Crippen LogP contribution in [0.15, 0.2) is 35.6 Å². The van der Waals surface area contributed by atoms with Gasteiger partial charge >= 0.3 is 0 Å². The summed E-state index contributed by atoms with van der Waals surface area (Å²) < 4.78 is 8.11. The van der Waals surface area contributed by atoms with Crippen LogP contribution in [0, 0.1) is 0 Å². The number of hydrogen-bond donors (Lipinski definition) is 2. The Hall–Kier alpha value is -2.57. The van der Waals surface area contributed by atoms with Crippen LogP contribution in [0.5, 0.6) is 5.75 Å². The Balaban J connectivity index is 1.43. The summed E-state index contributed by atoms with van der Waals surface area (Å²) in [7, 11) is 0. The minimum Gasteiger partial charge on any atom is -0.490 e. The van der Waals surface area contributed by atoms with Crippen molar-refractivity contribution in [3.8, 4) is 5.75 Å². The molecule has 0 amide bonds. The molecule has 0 atom stereocenters. The molecule has 29 heavy (non-hydrogen) atoms. The van der Waals surface area contributed by atoms with Crippen LogP contribution >= 0.6 is 0 Å². The van der Waals surface area contributed by atoms with E-state index in [1.165, 1.54) is 31.2 Å². The maximum atomic E-state index is 6.04. The van der Waals surface area contributed by atoms with Crippen molar-refractivity contribution in [2.75, 3.05) is 19.6 Å². The molecule has 0 spiro atoms. The molecule has 0 aliphatic heterocycles. The minimum absolute atomic E-state index is 0.408. The number of hydrogen-bond acceptors (Lipinski definition) is 4. The van der Waals surface area contributed by atoms with E-state index in [1.54, 1.807) is 6.33 Å². The Morgan fingerprint density at radius 3 is 2.69 bits per heavy atom. The summed E-state index contributed by atoms with van der Waals surface area (Å²) in [6.45, 7) is 7.35. The molecule has 1 aromatic carbocycles. The smallest absolute Gasteiger partial charge is 0.191 e. The lowest BCUT2D eigenvalue weighted by molar-refractivity contribution is 0.210. The Morgan fingerprint density at radius 1 is 1.17 bits per heavy atom. The van der Waals surface area contributed by atoms with Gasteiger partial charge in [0.15, 0.2) is 5.96 Å². The van der Waals surface area contributed by atoms with Gasteiger partial charge in [-0.05, 0) is 56.7 Å². The predicted molar refractivity (Wildman–Crippen MR) is 116 cm³/mol. The second-order valence-electron chi connectivity index (χ2n) is 7.40. The standard InChI is InChI=1S/C22H34N6O/c1-3-21-27-26-17-28(21)16-15-25-22(23-4-2)24-14-13-18-9-11-20(12-10-18)29-19-7-5-6-8-19/h9-12,17,19H,3-8,13-16H2,1-2H3,(H2,23,24,25). The molecule has 7 heteroatoms. The molecule has 1 heterocycles. The molecule has 158 valence electrons. The van der Waals surface area contributed by atoms with Crippen molar-refractivity contribution < 1.29 is 4.74 Å². The zero-order valence-electron chi connectivity index (χ0n) is 17.7. The molecule has 0 unspecified atom stereocenters. The van der Waals surface area contributed by atoms with Gasteiger partial charge in [-0.25, -0.2) is 0 Å². The van der Waals surface area contributed by atoms with Gasteiger partial charge in [0.2, 0.25) is 0 Å². The molecular formula is C22H34N6O. The van der Waals surface area contributed by atoms with Crippen LogP contribution in [0.1, 0.15) is 50.9 Å². The minimum atomic E-state index is 0.408. The van der Waals surface area contributed by atoms with Gasteiger partial charge < -0.3 is 19.9 Å². The maximum absolute atomic E-state index is 6.04. The van der Waals surface area contributed by atoms with E-state index < -0.39 is 0 Å². The molecule has 7 nitrogen and oxygen atoms in total. The van der Waals surface area contributed by atoms with Gasteiger partial charge in [0.05, 0.1) is 6.10 Å². The fourth-order valence-electron chi connectivity index (χ4n) is 3.61. The number of nitrogens with one attached hydrogen (secondary N) is 2. The second-order valence-corrected chi connectivity index (χ2v) is 7.40. The van der Waals surface area contributed by atoms with Crippen LogP contribution in [0.3, 0.4) is 0 Å². The maximum Gasteiger partial charge on any atom is 0.191 e. The summed E-state index contributed by atoms with van der Waals surface area (Å²) in [5.41, 5.74) is 1.28. The summed E-state index contributed by atoms with van der Waals surface area (Å²) in [5, 5.41) is 14.8.